The highest BCUT2D eigenvalue weighted by Gasteiger charge is 2.19. The SMILES string of the molecule is CCCCCCCCCCCCCCCCCCCCCC(=O)O[C@H](COC(=O)CCCCCCCCC)COC(=O)CCCCCCCCCCCCC(C)C. The lowest BCUT2D eigenvalue weighted by Gasteiger charge is -2.18. The van der Waals surface area contributed by atoms with Crippen LogP contribution < -0.4 is 0 Å². The van der Waals surface area contributed by atoms with Crippen LogP contribution in [0.15, 0.2) is 0 Å². The molecule has 0 aromatic carbocycles. The zero-order valence-electron chi connectivity index (χ0n) is 38.8. The van der Waals surface area contributed by atoms with E-state index in [9.17, 15) is 14.4 Å². The molecular weight excluding hydrogens is 709 g/mol. The van der Waals surface area contributed by atoms with Gasteiger partial charge in [-0.1, -0.05) is 246 Å². The number of esters is 3. The van der Waals surface area contributed by atoms with Crippen molar-refractivity contribution in [3.8, 4) is 0 Å². The first-order valence-electron chi connectivity index (χ1n) is 25.4. The van der Waals surface area contributed by atoms with E-state index in [4.69, 9.17) is 14.2 Å². The quantitative estimate of drug-likeness (QED) is 0.0346. The molecule has 6 nitrogen and oxygen atoms in total. The van der Waals surface area contributed by atoms with E-state index < -0.39 is 6.10 Å². The van der Waals surface area contributed by atoms with Crippen LogP contribution in [0.25, 0.3) is 0 Å². The van der Waals surface area contributed by atoms with Gasteiger partial charge in [0, 0.05) is 19.3 Å². The molecule has 338 valence electrons. The average Bonchev–Trinajstić information content (AvgIpc) is 3.19. The van der Waals surface area contributed by atoms with Gasteiger partial charge in [0.1, 0.15) is 13.2 Å². The topological polar surface area (TPSA) is 78.9 Å². The lowest BCUT2D eigenvalue weighted by molar-refractivity contribution is -0.167. The highest BCUT2D eigenvalue weighted by Crippen LogP contribution is 2.17. The minimum absolute atomic E-state index is 0.0638. The van der Waals surface area contributed by atoms with Crippen molar-refractivity contribution in [2.75, 3.05) is 13.2 Å². The van der Waals surface area contributed by atoms with Crippen molar-refractivity contribution in [1.82, 2.24) is 0 Å². The van der Waals surface area contributed by atoms with Gasteiger partial charge in [-0.15, -0.1) is 0 Å². The molecule has 1 atom stereocenters. The van der Waals surface area contributed by atoms with Gasteiger partial charge in [0.15, 0.2) is 6.10 Å². The summed E-state index contributed by atoms with van der Waals surface area (Å²) in [5.74, 6) is -0.0356. The van der Waals surface area contributed by atoms with Crippen LogP contribution >= 0.6 is 0 Å². The summed E-state index contributed by atoms with van der Waals surface area (Å²) in [5.41, 5.74) is 0. The Morgan fingerprint density at radius 1 is 0.333 bits per heavy atom. The minimum atomic E-state index is -0.759. The fraction of sp³-hybridized carbons (Fsp3) is 0.941. The smallest absolute Gasteiger partial charge is 0.306 e. The van der Waals surface area contributed by atoms with Crippen LogP contribution in [0, 0.1) is 5.92 Å². The summed E-state index contributed by atoms with van der Waals surface area (Å²) < 4.78 is 16.7. The summed E-state index contributed by atoms with van der Waals surface area (Å²) in [4.78, 5) is 37.7. The molecule has 0 heterocycles. The molecule has 0 rings (SSSR count). The molecule has 0 N–H and O–H groups in total. The van der Waals surface area contributed by atoms with Crippen LogP contribution in [0.2, 0.25) is 0 Å². The van der Waals surface area contributed by atoms with Crippen molar-refractivity contribution in [1.29, 1.82) is 0 Å². The van der Waals surface area contributed by atoms with Crippen LogP contribution in [0.1, 0.15) is 285 Å². The molecule has 0 aliphatic rings. The molecule has 0 aromatic rings. The lowest BCUT2D eigenvalue weighted by Crippen LogP contribution is -2.30. The number of rotatable bonds is 46. The van der Waals surface area contributed by atoms with Gasteiger partial charge in [0.2, 0.25) is 0 Å². The maximum Gasteiger partial charge on any atom is 0.306 e. The van der Waals surface area contributed by atoms with Gasteiger partial charge >= 0.3 is 17.9 Å². The van der Waals surface area contributed by atoms with E-state index in [0.717, 1.165) is 63.7 Å². The third-order valence-corrected chi connectivity index (χ3v) is 11.5. The molecule has 0 amide bonds. The van der Waals surface area contributed by atoms with Crippen molar-refractivity contribution < 1.29 is 28.6 Å². The Labute approximate surface area is 355 Å². The van der Waals surface area contributed by atoms with E-state index in [2.05, 4.69) is 27.7 Å². The highest BCUT2D eigenvalue weighted by molar-refractivity contribution is 5.71. The predicted molar refractivity (Wildman–Crippen MR) is 243 cm³/mol. The predicted octanol–water partition coefficient (Wildman–Crippen LogP) is 16.3. The molecule has 0 aromatic heterocycles. The minimum Gasteiger partial charge on any atom is -0.462 e. The van der Waals surface area contributed by atoms with E-state index in [-0.39, 0.29) is 31.1 Å². The normalized spacial score (nSPS) is 11.9. The standard InChI is InChI=1S/C51H98O6/c1-5-7-9-11-13-14-15-16-17-18-19-20-21-22-23-28-32-36-40-44-51(54)57-48(45-55-49(52)42-38-34-29-12-10-8-6-2)46-56-50(53)43-39-35-31-27-25-24-26-30-33-37-41-47(3)4/h47-48H,5-46H2,1-4H3/t48-/m1/s1. The molecule has 0 spiro atoms. The molecule has 0 radical (unpaired) electrons. The molecule has 0 bridgehead atoms. The second-order valence-corrected chi connectivity index (χ2v) is 17.9. The van der Waals surface area contributed by atoms with Gasteiger partial charge in [-0.25, -0.2) is 0 Å². The molecule has 0 unspecified atom stereocenters. The summed E-state index contributed by atoms with van der Waals surface area (Å²) in [7, 11) is 0. The second-order valence-electron chi connectivity index (χ2n) is 17.9. The molecule has 0 aliphatic heterocycles. The summed E-state index contributed by atoms with van der Waals surface area (Å²) in [6.07, 6.45) is 46.8. The fourth-order valence-electron chi connectivity index (χ4n) is 7.69. The Kier molecular flexibility index (Phi) is 44.2. The Morgan fingerprint density at radius 3 is 0.860 bits per heavy atom. The Morgan fingerprint density at radius 2 is 0.579 bits per heavy atom. The van der Waals surface area contributed by atoms with Crippen LogP contribution in [-0.4, -0.2) is 37.2 Å². The molecule has 6 heteroatoms. The van der Waals surface area contributed by atoms with Gasteiger partial charge < -0.3 is 14.2 Å². The van der Waals surface area contributed by atoms with Crippen molar-refractivity contribution in [2.45, 2.75) is 291 Å². The highest BCUT2D eigenvalue weighted by atomic mass is 16.6. The maximum absolute atomic E-state index is 12.7. The van der Waals surface area contributed by atoms with Gasteiger partial charge in [0.25, 0.3) is 0 Å². The second kappa shape index (κ2) is 45.5. The third kappa shape index (κ3) is 45.3. The largest absolute Gasteiger partial charge is 0.462 e. The zero-order chi connectivity index (χ0) is 41.7. The lowest BCUT2D eigenvalue weighted by atomic mass is 10.0. The van der Waals surface area contributed by atoms with Gasteiger partial charge in [0.05, 0.1) is 0 Å². The number of hydrogen-bond acceptors (Lipinski definition) is 6. The molecule has 0 aliphatic carbocycles. The van der Waals surface area contributed by atoms with Crippen LogP contribution in [0.4, 0.5) is 0 Å². The molecular formula is C51H98O6. The fourth-order valence-corrected chi connectivity index (χ4v) is 7.69. The van der Waals surface area contributed by atoms with Crippen molar-refractivity contribution >= 4 is 17.9 Å². The monoisotopic (exact) mass is 807 g/mol. The van der Waals surface area contributed by atoms with Crippen LogP contribution in [-0.2, 0) is 28.6 Å². The van der Waals surface area contributed by atoms with Crippen molar-refractivity contribution in [3.63, 3.8) is 0 Å². The van der Waals surface area contributed by atoms with Crippen molar-refractivity contribution in [3.05, 3.63) is 0 Å². The Hall–Kier alpha value is -1.59. The number of ether oxygens (including phenoxy) is 3. The number of hydrogen-bond donors (Lipinski definition) is 0. The van der Waals surface area contributed by atoms with Crippen LogP contribution in [0.5, 0.6) is 0 Å². The first-order valence-corrected chi connectivity index (χ1v) is 25.4. The zero-order valence-corrected chi connectivity index (χ0v) is 38.8. The van der Waals surface area contributed by atoms with Gasteiger partial charge in [-0.05, 0) is 25.2 Å². The molecule has 0 saturated carbocycles. The Balaban J connectivity index is 4.18. The molecule has 0 fully saturated rings. The summed E-state index contributed by atoms with van der Waals surface area (Å²) in [5, 5.41) is 0. The average molecular weight is 807 g/mol. The van der Waals surface area contributed by atoms with E-state index in [1.165, 1.54) is 180 Å². The third-order valence-electron chi connectivity index (χ3n) is 11.5. The first kappa shape index (κ1) is 55.4. The van der Waals surface area contributed by atoms with Crippen LogP contribution in [0.3, 0.4) is 0 Å². The van der Waals surface area contributed by atoms with E-state index in [1.54, 1.807) is 0 Å². The number of carbonyl (C=O) groups excluding carboxylic acids is 3. The van der Waals surface area contributed by atoms with Gasteiger partial charge in [-0.2, -0.15) is 0 Å². The summed E-state index contributed by atoms with van der Waals surface area (Å²) in [6, 6.07) is 0. The number of unbranched alkanes of at least 4 members (excludes halogenated alkanes) is 33. The van der Waals surface area contributed by atoms with E-state index in [1.807, 2.05) is 0 Å². The summed E-state index contributed by atoms with van der Waals surface area (Å²) >= 11 is 0. The summed E-state index contributed by atoms with van der Waals surface area (Å²) in [6.45, 7) is 8.97. The molecule has 57 heavy (non-hydrogen) atoms. The maximum atomic E-state index is 12.7. The van der Waals surface area contributed by atoms with Gasteiger partial charge in [-0.3, -0.25) is 14.4 Å². The molecule has 0 saturated heterocycles. The van der Waals surface area contributed by atoms with Crippen molar-refractivity contribution in [2.24, 2.45) is 5.92 Å². The first-order chi connectivity index (χ1) is 27.9. The van der Waals surface area contributed by atoms with E-state index in [0.29, 0.717) is 19.3 Å². The Bertz CT molecular complexity index is 857. The number of carbonyl (C=O) groups is 3. The van der Waals surface area contributed by atoms with E-state index >= 15 is 0 Å².